The van der Waals surface area contributed by atoms with Gasteiger partial charge in [-0.1, -0.05) is 55.4 Å². The summed E-state index contributed by atoms with van der Waals surface area (Å²) in [5.74, 6) is 0.673. The summed E-state index contributed by atoms with van der Waals surface area (Å²) in [7, 11) is 0. The second-order valence-electron chi connectivity index (χ2n) is 7.19. The number of hydrogen-bond acceptors (Lipinski definition) is 5. The Hall–Kier alpha value is -3.19. The molecule has 3 aromatic rings. The Morgan fingerprint density at radius 2 is 1.60 bits per heavy atom. The highest BCUT2D eigenvalue weighted by atomic mass is 32.2. The van der Waals surface area contributed by atoms with E-state index in [9.17, 15) is 9.59 Å². The van der Waals surface area contributed by atoms with Gasteiger partial charge < -0.3 is 10.6 Å². The van der Waals surface area contributed by atoms with Crippen LogP contribution in [0.2, 0.25) is 0 Å². The summed E-state index contributed by atoms with van der Waals surface area (Å²) in [5.41, 5.74) is 3.64. The lowest BCUT2D eigenvalue weighted by Crippen LogP contribution is -2.14. The number of carbonyl (C=O) groups excluding carboxylic acids is 2. The second kappa shape index (κ2) is 10.0. The molecule has 2 aromatic carbocycles. The predicted octanol–water partition coefficient (Wildman–Crippen LogP) is 4.89. The van der Waals surface area contributed by atoms with Crippen LogP contribution in [0.25, 0.3) is 0 Å². The second-order valence-corrected chi connectivity index (χ2v) is 8.19. The van der Waals surface area contributed by atoms with E-state index in [1.807, 2.05) is 43.3 Å². The Balaban J connectivity index is 1.48. The number of hydrogen-bond donors (Lipinski definition) is 2. The van der Waals surface area contributed by atoms with Crippen molar-refractivity contribution in [3.63, 3.8) is 0 Å². The number of benzene rings is 2. The third-order valence-electron chi connectivity index (χ3n) is 4.41. The number of rotatable bonds is 7. The summed E-state index contributed by atoms with van der Waals surface area (Å²) < 4.78 is 0. The van der Waals surface area contributed by atoms with Gasteiger partial charge in [0.2, 0.25) is 5.91 Å². The molecule has 0 aliphatic carbocycles. The lowest BCUT2D eigenvalue weighted by molar-refractivity contribution is -0.113. The molecular formula is C23H24N4O2S. The summed E-state index contributed by atoms with van der Waals surface area (Å²) in [5, 5.41) is 14.3. The number of anilines is 2. The Kier molecular flexibility index (Phi) is 7.19. The van der Waals surface area contributed by atoms with Crippen molar-refractivity contribution in [2.75, 3.05) is 16.4 Å². The van der Waals surface area contributed by atoms with Crippen molar-refractivity contribution in [2.45, 2.75) is 31.7 Å². The molecule has 2 amide bonds. The third kappa shape index (κ3) is 6.15. The van der Waals surface area contributed by atoms with Crippen molar-refractivity contribution >= 4 is 35.1 Å². The van der Waals surface area contributed by atoms with Gasteiger partial charge in [-0.15, -0.1) is 10.2 Å². The average molecular weight is 421 g/mol. The zero-order chi connectivity index (χ0) is 21.5. The summed E-state index contributed by atoms with van der Waals surface area (Å²) in [6.45, 7) is 6.22. The number of carbonyl (C=O) groups is 2. The number of aryl methyl sites for hydroxylation is 1. The van der Waals surface area contributed by atoms with Gasteiger partial charge in [0.05, 0.1) is 5.75 Å². The van der Waals surface area contributed by atoms with Crippen LogP contribution in [-0.4, -0.2) is 27.8 Å². The van der Waals surface area contributed by atoms with Crippen molar-refractivity contribution in [3.05, 3.63) is 77.4 Å². The van der Waals surface area contributed by atoms with Gasteiger partial charge in [-0.2, -0.15) is 0 Å². The average Bonchev–Trinajstić information content (AvgIpc) is 2.74. The van der Waals surface area contributed by atoms with Crippen molar-refractivity contribution in [2.24, 2.45) is 0 Å². The molecule has 1 aromatic heterocycles. The van der Waals surface area contributed by atoms with Gasteiger partial charge in [0.15, 0.2) is 5.82 Å². The summed E-state index contributed by atoms with van der Waals surface area (Å²) >= 11 is 1.28. The van der Waals surface area contributed by atoms with E-state index < -0.39 is 0 Å². The van der Waals surface area contributed by atoms with Gasteiger partial charge in [-0.25, -0.2) is 0 Å². The highest BCUT2D eigenvalue weighted by molar-refractivity contribution is 7.99. The van der Waals surface area contributed by atoms with E-state index in [4.69, 9.17) is 0 Å². The maximum Gasteiger partial charge on any atom is 0.256 e. The standard InChI is InChI=1S/C23H24N4O2S/c1-15(2)17-8-10-19(11-9-17)24-21(28)14-30-22-13-12-20(26-27-22)25-23(29)18-6-4-16(3)5-7-18/h4-13,15H,14H2,1-3H3,(H,24,28)(H,25,26,29). The van der Waals surface area contributed by atoms with Crippen LogP contribution in [0, 0.1) is 6.92 Å². The van der Waals surface area contributed by atoms with Gasteiger partial charge in [0, 0.05) is 11.3 Å². The molecule has 0 unspecified atom stereocenters. The molecule has 0 fully saturated rings. The molecule has 0 bridgehead atoms. The van der Waals surface area contributed by atoms with E-state index >= 15 is 0 Å². The van der Waals surface area contributed by atoms with Crippen LogP contribution in [0.3, 0.4) is 0 Å². The van der Waals surface area contributed by atoms with Crippen LogP contribution in [0.1, 0.15) is 41.3 Å². The van der Waals surface area contributed by atoms with E-state index in [1.54, 1.807) is 24.3 Å². The number of amides is 2. The van der Waals surface area contributed by atoms with Crippen molar-refractivity contribution in [1.82, 2.24) is 10.2 Å². The minimum absolute atomic E-state index is 0.115. The van der Waals surface area contributed by atoms with Crippen LogP contribution >= 0.6 is 11.8 Å². The number of nitrogens with one attached hydrogen (secondary N) is 2. The summed E-state index contributed by atoms with van der Waals surface area (Å²) in [6.07, 6.45) is 0. The molecule has 2 N–H and O–H groups in total. The van der Waals surface area contributed by atoms with Crippen molar-refractivity contribution < 1.29 is 9.59 Å². The van der Waals surface area contributed by atoms with Crippen molar-refractivity contribution in [1.29, 1.82) is 0 Å². The Morgan fingerprint density at radius 3 is 2.20 bits per heavy atom. The van der Waals surface area contributed by atoms with E-state index in [2.05, 4.69) is 34.7 Å². The molecule has 0 saturated heterocycles. The Labute approximate surface area is 180 Å². The van der Waals surface area contributed by atoms with Gasteiger partial charge in [0.25, 0.3) is 5.91 Å². The molecule has 30 heavy (non-hydrogen) atoms. The molecule has 0 aliphatic rings. The molecule has 3 rings (SSSR count). The number of thioether (sulfide) groups is 1. The smallest absolute Gasteiger partial charge is 0.256 e. The van der Waals surface area contributed by atoms with Crippen LogP contribution in [0.15, 0.2) is 65.7 Å². The topological polar surface area (TPSA) is 84.0 Å². The minimum atomic E-state index is -0.243. The van der Waals surface area contributed by atoms with Crippen LogP contribution in [-0.2, 0) is 4.79 Å². The van der Waals surface area contributed by atoms with E-state index in [1.165, 1.54) is 17.3 Å². The van der Waals surface area contributed by atoms with Crippen LogP contribution < -0.4 is 10.6 Å². The molecule has 0 radical (unpaired) electrons. The maximum absolute atomic E-state index is 12.2. The first-order valence-corrected chi connectivity index (χ1v) is 10.6. The fraction of sp³-hybridized carbons (Fsp3) is 0.217. The van der Waals surface area contributed by atoms with E-state index in [0.717, 1.165) is 11.3 Å². The molecule has 6 nitrogen and oxygen atoms in total. The van der Waals surface area contributed by atoms with E-state index in [-0.39, 0.29) is 17.6 Å². The van der Waals surface area contributed by atoms with Crippen molar-refractivity contribution in [3.8, 4) is 0 Å². The van der Waals surface area contributed by atoms with Crippen LogP contribution in [0.4, 0.5) is 11.5 Å². The molecule has 154 valence electrons. The monoisotopic (exact) mass is 420 g/mol. The first-order valence-electron chi connectivity index (χ1n) is 9.65. The number of nitrogens with zero attached hydrogens (tertiary/aromatic N) is 2. The van der Waals surface area contributed by atoms with E-state index in [0.29, 0.717) is 22.3 Å². The minimum Gasteiger partial charge on any atom is -0.325 e. The van der Waals surface area contributed by atoms with Gasteiger partial charge >= 0.3 is 0 Å². The maximum atomic E-state index is 12.2. The fourth-order valence-electron chi connectivity index (χ4n) is 2.65. The third-order valence-corrected chi connectivity index (χ3v) is 5.33. The predicted molar refractivity (Wildman–Crippen MR) is 121 cm³/mol. The molecule has 7 heteroatoms. The van der Waals surface area contributed by atoms with Gasteiger partial charge in [-0.3, -0.25) is 9.59 Å². The highest BCUT2D eigenvalue weighted by Crippen LogP contribution is 2.19. The van der Waals surface area contributed by atoms with Gasteiger partial charge in [0.1, 0.15) is 5.03 Å². The van der Waals surface area contributed by atoms with Gasteiger partial charge in [-0.05, 0) is 54.8 Å². The Morgan fingerprint density at radius 1 is 0.900 bits per heavy atom. The molecule has 1 heterocycles. The Bertz CT molecular complexity index is 1000. The molecule has 0 saturated carbocycles. The van der Waals surface area contributed by atoms with Crippen LogP contribution in [0.5, 0.6) is 0 Å². The lowest BCUT2D eigenvalue weighted by Gasteiger charge is -2.08. The normalized spacial score (nSPS) is 10.7. The first-order chi connectivity index (χ1) is 14.4. The SMILES string of the molecule is Cc1ccc(C(=O)Nc2ccc(SCC(=O)Nc3ccc(C(C)C)cc3)nn2)cc1. The quantitative estimate of drug-likeness (QED) is 0.532. The zero-order valence-electron chi connectivity index (χ0n) is 17.2. The molecule has 0 spiro atoms. The molecule has 0 aliphatic heterocycles. The fourth-order valence-corrected chi connectivity index (χ4v) is 3.26. The first kappa shape index (κ1) is 21.5. The molecular weight excluding hydrogens is 396 g/mol. The highest BCUT2D eigenvalue weighted by Gasteiger charge is 2.09. The lowest BCUT2D eigenvalue weighted by atomic mass is 10.0. The largest absolute Gasteiger partial charge is 0.325 e. The zero-order valence-corrected chi connectivity index (χ0v) is 18.0. The molecule has 0 atom stereocenters. The summed E-state index contributed by atoms with van der Waals surface area (Å²) in [6, 6.07) is 18.5. The summed E-state index contributed by atoms with van der Waals surface area (Å²) in [4.78, 5) is 24.4. The number of aromatic nitrogens is 2.